The standard InChI is InChI=1S/C16H23FN2O/c1-4-18-15-7-8-19(10-12(15)3)16(20)13-9-11(2)5-6-14(13)17/h5-6,9,12,15,18H,4,7-8,10H2,1-3H3. The molecule has 2 atom stereocenters. The summed E-state index contributed by atoms with van der Waals surface area (Å²) in [6.45, 7) is 8.41. The number of hydrogen-bond donors (Lipinski definition) is 1. The topological polar surface area (TPSA) is 32.3 Å². The second kappa shape index (κ2) is 6.35. The van der Waals surface area contributed by atoms with Gasteiger partial charge in [-0.2, -0.15) is 0 Å². The molecule has 1 aromatic rings. The first-order valence-corrected chi connectivity index (χ1v) is 7.31. The second-order valence-corrected chi connectivity index (χ2v) is 5.66. The van der Waals surface area contributed by atoms with Gasteiger partial charge in [-0.05, 0) is 37.9 Å². The van der Waals surface area contributed by atoms with E-state index in [9.17, 15) is 9.18 Å². The number of carbonyl (C=O) groups excluding carboxylic acids is 1. The first-order chi connectivity index (χ1) is 9.52. The van der Waals surface area contributed by atoms with Crippen molar-refractivity contribution in [3.8, 4) is 0 Å². The maximum atomic E-state index is 13.8. The molecule has 0 saturated carbocycles. The molecule has 0 aromatic heterocycles. The number of hydrogen-bond acceptors (Lipinski definition) is 2. The van der Waals surface area contributed by atoms with E-state index in [1.54, 1.807) is 17.0 Å². The van der Waals surface area contributed by atoms with Gasteiger partial charge in [-0.15, -0.1) is 0 Å². The summed E-state index contributed by atoms with van der Waals surface area (Å²) in [5, 5.41) is 3.44. The Labute approximate surface area is 120 Å². The fourth-order valence-electron chi connectivity index (χ4n) is 2.87. The Balaban J connectivity index is 2.09. The SMILES string of the molecule is CCNC1CCN(C(=O)c2cc(C)ccc2F)CC1C. The van der Waals surface area contributed by atoms with Crippen LogP contribution in [0.2, 0.25) is 0 Å². The number of nitrogens with zero attached hydrogens (tertiary/aromatic N) is 1. The maximum absolute atomic E-state index is 13.8. The van der Waals surface area contributed by atoms with Crippen molar-refractivity contribution >= 4 is 5.91 Å². The third-order valence-corrected chi connectivity index (χ3v) is 4.01. The van der Waals surface area contributed by atoms with Crippen LogP contribution in [0.15, 0.2) is 18.2 Å². The first-order valence-electron chi connectivity index (χ1n) is 7.31. The zero-order valence-corrected chi connectivity index (χ0v) is 12.4. The minimum atomic E-state index is -0.429. The highest BCUT2D eigenvalue weighted by Gasteiger charge is 2.29. The normalized spacial score (nSPS) is 22.9. The van der Waals surface area contributed by atoms with Crippen molar-refractivity contribution < 1.29 is 9.18 Å². The molecule has 1 N–H and O–H groups in total. The highest BCUT2D eigenvalue weighted by molar-refractivity contribution is 5.94. The lowest BCUT2D eigenvalue weighted by Crippen LogP contribution is -2.50. The molecule has 0 spiro atoms. The van der Waals surface area contributed by atoms with Gasteiger partial charge in [0, 0.05) is 19.1 Å². The number of likely N-dealkylation sites (tertiary alicyclic amines) is 1. The highest BCUT2D eigenvalue weighted by Crippen LogP contribution is 2.20. The van der Waals surface area contributed by atoms with Crippen molar-refractivity contribution in [1.29, 1.82) is 0 Å². The van der Waals surface area contributed by atoms with Gasteiger partial charge in [-0.25, -0.2) is 4.39 Å². The Morgan fingerprint density at radius 1 is 1.50 bits per heavy atom. The predicted molar refractivity (Wildman–Crippen MR) is 78.3 cm³/mol. The molecule has 1 fully saturated rings. The largest absolute Gasteiger partial charge is 0.338 e. The average Bonchev–Trinajstić information content (AvgIpc) is 2.43. The Morgan fingerprint density at radius 2 is 2.25 bits per heavy atom. The Morgan fingerprint density at radius 3 is 2.90 bits per heavy atom. The lowest BCUT2D eigenvalue weighted by Gasteiger charge is -2.37. The summed E-state index contributed by atoms with van der Waals surface area (Å²) in [6.07, 6.45) is 0.925. The van der Waals surface area contributed by atoms with E-state index >= 15 is 0 Å². The van der Waals surface area contributed by atoms with Crippen molar-refractivity contribution in [2.45, 2.75) is 33.2 Å². The van der Waals surface area contributed by atoms with E-state index < -0.39 is 5.82 Å². The van der Waals surface area contributed by atoms with E-state index in [-0.39, 0.29) is 11.5 Å². The molecule has 4 heteroatoms. The van der Waals surface area contributed by atoms with E-state index in [1.165, 1.54) is 6.07 Å². The smallest absolute Gasteiger partial charge is 0.256 e. The second-order valence-electron chi connectivity index (χ2n) is 5.66. The molecule has 2 rings (SSSR count). The summed E-state index contributed by atoms with van der Waals surface area (Å²) >= 11 is 0. The van der Waals surface area contributed by atoms with Crippen molar-refractivity contribution in [2.24, 2.45) is 5.92 Å². The predicted octanol–water partition coefficient (Wildman–Crippen LogP) is 2.59. The van der Waals surface area contributed by atoms with Crippen LogP contribution in [0.3, 0.4) is 0 Å². The molecule has 1 aliphatic heterocycles. The van der Waals surface area contributed by atoms with Gasteiger partial charge in [0.2, 0.25) is 0 Å². The summed E-state index contributed by atoms with van der Waals surface area (Å²) in [7, 11) is 0. The molecule has 2 unspecified atom stereocenters. The molecule has 3 nitrogen and oxygen atoms in total. The minimum absolute atomic E-state index is 0.187. The van der Waals surface area contributed by atoms with E-state index in [4.69, 9.17) is 0 Å². The minimum Gasteiger partial charge on any atom is -0.338 e. The Kier molecular flexibility index (Phi) is 4.76. The van der Waals surface area contributed by atoms with E-state index in [0.717, 1.165) is 18.5 Å². The quantitative estimate of drug-likeness (QED) is 0.921. The first kappa shape index (κ1) is 15.0. The van der Waals surface area contributed by atoms with Crippen LogP contribution in [0, 0.1) is 18.7 Å². The number of halogens is 1. The lowest BCUT2D eigenvalue weighted by molar-refractivity contribution is 0.0641. The van der Waals surface area contributed by atoms with E-state index in [0.29, 0.717) is 25.0 Å². The molecule has 0 radical (unpaired) electrons. The van der Waals surface area contributed by atoms with Gasteiger partial charge in [-0.3, -0.25) is 4.79 Å². The summed E-state index contributed by atoms with van der Waals surface area (Å²) in [5.41, 5.74) is 1.10. The molecule has 20 heavy (non-hydrogen) atoms. The molecule has 0 aliphatic carbocycles. The van der Waals surface area contributed by atoms with Gasteiger partial charge in [0.05, 0.1) is 5.56 Å². The van der Waals surface area contributed by atoms with Gasteiger partial charge >= 0.3 is 0 Å². The van der Waals surface area contributed by atoms with Crippen molar-refractivity contribution in [2.75, 3.05) is 19.6 Å². The number of amides is 1. The number of piperidine rings is 1. The highest BCUT2D eigenvalue weighted by atomic mass is 19.1. The molecule has 110 valence electrons. The van der Waals surface area contributed by atoms with Crippen LogP contribution in [-0.2, 0) is 0 Å². The molecule has 1 aromatic carbocycles. The van der Waals surface area contributed by atoms with Crippen molar-refractivity contribution in [1.82, 2.24) is 10.2 Å². The number of nitrogens with one attached hydrogen (secondary N) is 1. The van der Waals surface area contributed by atoms with E-state index in [2.05, 4.69) is 19.2 Å². The number of aryl methyl sites for hydroxylation is 1. The number of rotatable bonds is 3. The monoisotopic (exact) mass is 278 g/mol. The van der Waals surface area contributed by atoms with Crippen LogP contribution >= 0.6 is 0 Å². The lowest BCUT2D eigenvalue weighted by atomic mass is 9.93. The van der Waals surface area contributed by atoms with Gasteiger partial charge < -0.3 is 10.2 Å². The van der Waals surface area contributed by atoms with Gasteiger partial charge in [0.15, 0.2) is 0 Å². The average molecular weight is 278 g/mol. The summed E-state index contributed by atoms with van der Waals surface area (Å²) < 4.78 is 13.8. The van der Waals surface area contributed by atoms with E-state index in [1.807, 2.05) is 6.92 Å². The molecule has 1 saturated heterocycles. The van der Waals surface area contributed by atoms with Crippen LogP contribution in [-0.4, -0.2) is 36.5 Å². The van der Waals surface area contributed by atoms with Gasteiger partial charge in [-0.1, -0.05) is 25.5 Å². The number of carbonyl (C=O) groups is 1. The van der Waals surface area contributed by atoms with Crippen LogP contribution in [0.4, 0.5) is 4.39 Å². The van der Waals surface area contributed by atoms with Crippen LogP contribution < -0.4 is 5.32 Å². The summed E-state index contributed by atoms with van der Waals surface area (Å²) in [5.74, 6) is -0.226. The zero-order chi connectivity index (χ0) is 14.7. The van der Waals surface area contributed by atoms with Crippen LogP contribution in [0.1, 0.15) is 36.2 Å². The van der Waals surface area contributed by atoms with Gasteiger partial charge in [0.25, 0.3) is 5.91 Å². The molecule has 1 amide bonds. The molecule has 1 aliphatic rings. The maximum Gasteiger partial charge on any atom is 0.256 e. The third kappa shape index (κ3) is 3.18. The summed E-state index contributed by atoms with van der Waals surface area (Å²) in [4.78, 5) is 14.2. The summed E-state index contributed by atoms with van der Waals surface area (Å²) in [6, 6.07) is 5.15. The van der Waals surface area contributed by atoms with Crippen molar-refractivity contribution in [3.05, 3.63) is 35.1 Å². The fourth-order valence-corrected chi connectivity index (χ4v) is 2.87. The molecular weight excluding hydrogens is 255 g/mol. The van der Waals surface area contributed by atoms with Gasteiger partial charge in [0.1, 0.15) is 5.82 Å². The van der Waals surface area contributed by atoms with Crippen LogP contribution in [0.5, 0.6) is 0 Å². The Hall–Kier alpha value is -1.42. The Bertz CT molecular complexity index is 489. The molecular formula is C16H23FN2O. The third-order valence-electron chi connectivity index (χ3n) is 4.01. The fraction of sp³-hybridized carbons (Fsp3) is 0.562. The molecule has 1 heterocycles. The molecule has 0 bridgehead atoms. The van der Waals surface area contributed by atoms with Crippen molar-refractivity contribution in [3.63, 3.8) is 0 Å². The zero-order valence-electron chi connectivity index (χ0n) is 12.4. The number of benzene rings is 1. The van der Waals surface area contributed by atoms with Crippen LogP contribution in [0.25, 0.3) is 0 Å².